The van der Waals surface area contributed by atoms with Gasteiger partial charge in [0.2, 0.25) is 0 Å². The zero-order valence-corrected chi connectivity index (χ0v) is 10.6. The van der Waals surface area contributed by atoms with Crippen LogP contribution in [0.2, 0.25) is 0 Å². The maximum absolute atomic E-state index is 11.0. The van der Waals surface area contributed by atoms with Crippen molar-refractivity contribution < 1.29 is 14.3 Å². The average Bonchev–Trinajstić information content (AvgIpc) is 2.73. The zero-order valence-electron chi connectivity index (χ0n) is 10.6. The molecule has 6 heteroatoms. The van der Waals surface area contributed by atoms with E-state index in [9.17, 15) is 9.59 Å². The highest BCUT2D eigenvalue weighted by Crippen LogP contribution is 2.12. The van der Waals surface area contributed by atoms with Gasteiger partial charge in [-0.3, -0.25) is 9.78 Å². The first-order valence-corrected chi connectivity index (χ1v) is 6.11. The van der Waals surface area contributed by atoms with Crippen molar-refractivity contribution in [2.24, 2.45) is 5.92 Å². The van der Waals surface area contributed by atoms with Crippen molar-refractivity contribution in [2.75, 3.05) is 13.1 Å². The minimum Gasteiger partial charge on any atom is -0.481 e. The number of carboxylic acid groups (broad SMARTS) is 1. The van der Waals surface area contributed by atoms with Crippen LogP contribution in [0.1, 0.15) is 12.5 Å². The number of rotatable bonds is 6. The Hall–Kier alpha value is -2.08. The molecule has 0 fully saturated rings. The minimum absolute atomic E-state index is 0.396. The molecule has 2 rings (SSSR count). The highest BCUT2D eigenvalue weighted by atomic mass is 16.4. The SMILES string of the molecule is CC(CNCCc1ccc2oc(=O)[nH]c2c1)C(=O)O. The van der Waals surface area contributed by atoms with Gasteiger partial charge in [-0.05, 0) is 30.7 Å². The topological polar surface area (TPSA) is 95.3 Å². The quantitative estimate of drug-likeness (QED) is 0.676. The second-order valence-electron chi connectivity index (χ2n) is 4.54. The predicted molar refractivity (Wildman–Crippen MR) is 70.2 cm³/mol. The average molecular weight is 264 g/mol. The van der Waals surface area contributed by atoms with E-state index in [0.717, 1.165) is 12.0 Å². The fourth-order valence-corrected chi connectivity index (χ4v) is 1.79. The summed E-state index contributed by atoms with van der Waals surface area (Å²) in [7, 11) is 0. The van der Waals surface area contributed by atoms with Crippen LogP contribution in [0.5, 0.6) is 0 Å². The molecule has 0 saturated carbocycles. The van der Waals surface area contributed by atoms with Crippen LogP contribution in [0, 0.1) is 5.92 Å². The van der Waals surface area contributed by atoms with E-state index >= 15 is 0 Å². The van der Waals surface area contributed by atoms with E-state index in [4.69, 9.17) is 9.52 Å². The third-order valence-electron chi connectivity index (χ3n) is 2.95. The molecular weight excluding hydrogens is 248 g/mol. The summed E-state index contributed by atoms with van der Waals surface area (Å²) >= 11 is 0. The monoisotopic (exact) mass is 264 g/mol. The van der Waals surface area contributed by atoms with Crippen LogP contribution in [-0.2, 0) is 11.2 Å². The first kappa shape index (κ1) is 13.4. The van der Waals surface area contributed by atoms with E-state index < -0.39 is 17.6 Å². The Kier molecular flexibility index (Phi) is 4.01. The Morgan fingerprint density at radius 2 is 2.32 bits per heavy atom. The van der Waals surface area contributed by atoms with Gasteiger partial charge in [-0.15, -0.1) is 0 Å². The van der Waals surface area contributed by atoms with Crippen LogP contribution >= 0.6 is 0 Å². The Labute approximate surface area is 109 Å². The van der Waals surface area contributed by atoms with E-state index in [1.807, 2.05) is 12.1 Å². The van der Waals surface area contributed by atoms with Crippen LogP contribution in [0.15, 0.2) is 27.4 Å². The summed E-state index contributed by atoms with van der Waals surface area (Å²) in [6.45, 7) is 2.79. The number of fused-ring (bicyclic) bond motifs is 1. The molecular formula is C13H16N2O4. The van der Waals surface area contributed by atoms with Crippen molar-refractivity contribution in [3.8, 4) is 0 Å². The van der Waals surface area contributed by atoms with Crippen molar-refractivity contribution in [1.29, 1.82) is 0 Å². The lowest BCUT2D eigenvalue weighted by Crippen LogP contribution is -2.27. The summed E-state index contributed by atoms with van der Waals surface area (Å²) in [5, 5.41) is 11.8. The van der Waals surface area contributed by atoms with E-state index in [0.29, 0.717) is 24.2 Å². The van der Waals surface area contributed by atoms with Crippen LogP contribution in [0.3, 0.4) is 0 Å². The largest absolute Gasteiger partial charge is 0.481 e. The summed E-state index contributed by atoms with van der Waals surface area (Å²) in [5.41, 5.74) is 2.28. The van der Waals surface area contributed by atoms with Crippen LogP contribution < -0.4 is 11.1 Å². The molecule has 1 heterocycles. The molecule has 0 aliphatic rings. The number of benzene rings is 1. The van der Waals surface area contributed by atoms with Gasteiger partial charge in [-0.25, -0.2) is 4.79 Å². The Morgan fingerprint density at radius 1 is 1.53 bits per heavy atom. The van der Waals surface area contributed by atoms with Gasteiger partial charge in [0.05, 0.1) is 11.4 Å². The molecule has 19 heavy (non-hydrogen) atoms. The molecule has 0 aliphatic heterocycles. The smallest absolute Gasteiger partial charge is 0.417 e. The number of oxazole rings is 1. The molecule has 0 spiro atoms. The van der Waals surface area contributed by atoms with Gasteiger partial charge >= 0.3 is 11.7 Å². The van der Waals surface area contributed by atoms with Gasteiger partial charge < -0.3 is 14.8 Å². The molecule has 1 aromatic heterocycles. The second-order valence-corrected chi connectivity index (χ2v) is 4.54. The molecule has 0 saturated heterocycles. The summed E-state index contributed by atoms with van der Waals surface area (Å²) in [4.78, 5) is 24.2. The number of aromatic amines is 1. The molecule has 1 unspecified atom stereocenters. The Morgan fingerprint density at radius 3 is 3.05 bits per heavy atom. The number of nitrogens with one attached hydrogen (secondary N) is 2. The molecule has 2 aromatic rings. The number of hydrogen-bond donors (Lipinski definition) is 3. The minimum atomic E-state index is -0.801. The highest BCUT2D eigenvalue weighted by molar-refractivity contribution is 5.72. The number of aliphatic carboxylic acids is 1. The van der Waals surface area contributed by atoms with Crippen molar-refractivity contribution in [3.05, 3.63) is 34.3 Å². The van der Waals surface area contributed by atoms with Gasteiger partial charge in [0, 0.05) is 6.54 Å². The molecule has 1 atom stereocenters. The van der Waals surface area contributed by atoms with Gasteiger partial charge in [-0.1, -0.05) is 13.0 Å². The normalized spacial score (nSPS) is 12.7. The summed E-state index contributed by atoms with van der Waals surface area (Å²) in [6, 6.07) is 5.51. The maximum Gasteiger partial charge on any atom is 0.417 e. The van der Waals surface area contributed by atoms with Gasteiger partial charge in [0.25, 0.3) is 0 Å². The first-order chi connectivity index (χ1) is 9.06. The highest BCUT2D eigenvalue weighted by Gasteiger charge is 2.09. The molecule has 0 radical (unpaired) electrons. The second kappa shape index (κ2) is 5.71. The van der Waals surface area contributed by atoms with Gasteiger partial charge in [-0.2, -0.15) is 0 Å². The lowest BCUT2D eigenvalue weighted by molar-refractivity contribution is -0.140. The first-order valence-electron chi connectivity index (χ1n) is 6.11. The third kappa shape index (κ3) is 3.45. The number of aromatic nitrogens is 1. The zero-order chi connectivity index (χ0) is 13.8. The summed E-state index contributed by atoms with van der Waals surface area (Å²) in [5.74, 6) is -1.65. The molecule has 6 nitrogen and oxygen atoms in total. The van der Waals surface area contributed by atoms with E-state index in [-0.39, 0.29) is 0 Å². The Bertz CT molecular complexity index is 629. The molecule has 102 valence electrons. The summed E-state index contributed by atoms with van der Waals surface area (Å²) < 4.78 is 4.91. The fraction of sp³-hybridized carbons (Fsp3) is 0.385. The molecule has 0 aliphatic carbocycles. The molecule has 0 amide bonds. The van der Waals surface area contributed by atoms with Crippen LogP contribution in [0.4, 0.5) is 0 Å². The van der Waals surface area contributed by atoms with E-state index in [1.165, 1.54) is 0 Å². The lowest BCUT2D eigenvalue weighted by atomic mass is 10.1. The van der Waals surface area contributed by atoms with Crippen molar-refractivity contribution in [3.63, 3.8) is 0 Å². The van der Waals surface area contributed by atoms with Crippen molar-refractivity contribution in [2.45, 2.75) is 13.3 Å². The fourth-order valence-electron chi connectivity index (χ4n) is 1.79. The summed E-state index contributed by atoms with van der Waals surface area (Å²) in [6.07, 6.45) is 0.759. The van der Waals surface area contributed by atoms with Crippen LogP contribution in [0.25, 0.3) is 11.1 Å². The van der Waals surface area contributed by atoms with Gasteiger partial charge in [0.1, 0.15) is 0 Å². The number of carboxylic acids is 1. The lowest BCUT2D eigenvalue weighted by Gasteiger charge is -2.08. The maximum atomic E-state index is 11.0. The Balaban J connectivity index is 1.88. The predicted octanol–water partition coefficient (Wildman–Crippen LogP) is 0.974. The third-order valence-corrected chi connectivity index (χ3v) is 2.95. The number of hydrogen-bond acceptors (Lipinski definition) is 4. The molecule has 1 aromatic carbocycles. The molecule has 0 bridgehead atoms. The number of H-pyrrole nitrogens is 1. The van der Waals surface area contributed by atoms with E-state index in [2.05, 4.69) is 10.3 Å². The van der Waals surface area contributed by atoms with Crippen molar-refractivity contribution >= 4 is 17.1 Å². The van der Waals surface area contributed by atoms with Crippen LogP contribution in [-0.4, -0.2) is 29.1 Å². The molecule has 3 N–H and O–H groups in total. The van der Waals surface area contributed by atoms with Crippen molar-refractivity contribution in [1.82, 2.24) is 10.3 Å². The number of carbonyl (C=O) groups is 1. The van der Waals surface area contributed by atoms with Gasteiger partial charge in [0.15, 0.2) is 5.58 Å². The standard InChI is InChI=1S/C13H16N2O4/c1-8(12(16)17)7-14-5-4-9-2-3-11-10(6-9)15-13(18)19-11/h2-3,6,8,14H,4-5,7H2,1H3,(H,15,18)(H,16,17). The van der Waals surface area contributed by atoms with E-state index in [1.54, 1.807) is 13.0 Å².